The van der Waals surface area contributed by atoms with Crippen molar-refractivity contribution in [2.24, 2.45) is 12.8 Å². The van der Waals surface area contributed by atoms with Crippen LogP contribution in [0.3, 0.4) is 0 Å². The lowest BCUT2D eigenvalue weighted by Crippen LogP contribution is -1.99. The molecule has 0 amide bonds. The predicted octanol–water partition coefficient (Wildman–Crippen LogP) is 1.33. The standard InChI is InChI=1S/C8H13BrN4/c1-6(4-3-5-10)7-8(9)11-12-13(7)2/h4H,3,5,10H2,1-2H3. The molecular weight excluding hydrogens is 232 g/mol. The van der Waals surface area contributed by atoms with Gasteiger partial charge >= 0.3 is 0 Å². The van der Waals surface area contributed by atoms with Crippen LogP contribution in [0.25, 0.3) is 5.57 Å². The lowest BCUT2D eigenvalue weighted by molar-refractivity contribution is 0.706. The van der Waals surface area contributed by atoms with Gasteiger partial charge in [0.15, 0.2) is 4.60 Å². The molecule has 0 saturated carbocycles. The van der Waals surface area contributed by atoms with Crippen LogP contribution in [0.1, 0.15) is 19.0 Å². The van der Waals surface area contributed by atoms with E-state index in [0.29, 0.717) is 6.54 Å². The summed E-state index contributed by atoms with van der Waals surface area (Å²) in [6, 6.07) is 0. The number of hydrogen-bond acceptors (Lipinski definition) is 3. The third kappa shape index (κ3) is 2.38. The van der Waals surface area contributed by atoms with E-state index >= 15 is 0 Å². The normalized spacial score (nSPS) is 12.2. The first-order chi connectivity index (χ1) is 6.16. The topological polar surface area (TPSA) is 56.7 Å². The van der Waals surface area contributed by atoms with Gasteiger partial charge in [0.25, 0.3) is 0 Å². The fraction of sp³-hybridized carbons (Fsp3) is 0.500. The Bertz CT molecular complexity index is 296. The average molecular weight is 245 g/mol. The van der Waals surface area contributed by atoms with Gasteiger partial charge in [-0.15, -0.1) is 5.10 Å². The second kappa shape index (κ2) is 4.53. The van der Waals surface area contributed by atoms with Crippen LogP contribution in [0, 0.1) is 0 Å². The van der Waals surface area contributed by atoms with Gasteiger partial charge in [0, 0.05) is 7.05 Å². The zero-order valence-electron chi connectivity index (χ0n) is 7.79. The fourth-order valence-electron chi connectivity index (χ4n) is 1.15. The number of aryl methyl sites for hydroxylation is 1. The third-order valence-electron chi connectivity index (χ3n) is 1.78. The van der Waals surface area contributed by atoms with Gasteiger partial charge in [-0.3, -0.25) is 0 Å². The minimum absolute atomic E-state index is 0.667. The zero-order chi connectivity index (χ0) is 9.84. The van der Waals surface area contributed by atoms with Crippen LogP contribution >= 0.6 is 15.9 Å². The quantitative estimate of drug-likeness (QED) is 0.873. The lowest BCUT2D eigenvalue weighted by atomic mass is 10.2. The molecule has 4 nitrogen and oxygen atoms in total. The zero-order valence-corrected chi connectivity index (χ0v) is 9.37. The van der Waals surface area contributed by atoms with E-state index < -0.39 is 0 Å². The first kappa shape index (κ1) is 10.4. The second-order valence-electron chi connectivity index (χ2n) is 2.82. The summed E-state index contributed by atoms with van der Waals surface area (Å²) in [7, 11) is 1.87. The Kier molecular flexibility index (Phi) is 3.62. The van der Waals surface area contributed by atoms with Crippen LogP contribution in [0.2, 0.25) is 0 Å². The molecule has 13 heavy (non-hydrogen) atoms. The molecule has 1 aromatic heterocycles. The Hall–Kier alpha value is -0.680. The summed E-state index contributed by atoms with van der Waals surface area (Å²) in [5.74, 6) is 0. The Morgan fingerprint density at radius 1 is 1.69 bits per heavy atom. The van der Waals surface area contributed by atoms with E-state index in [4.69, 9.17) is 5.73 Å². The Morgan fingerprint density at radius 2 is 2.38 bits per heavy atom. The Balaban J connectivity index is 2.93. The maximum atomic E-state index is 5.41. The molecule has 0 spiro atoms. The smallest absolute Gasteiger partial charge is 0.155 e. The number of rotatable bonds is 3. The second-order valence-corrected chi connectivity index (χ2v) is 3.57. The third-order valence-corrected chi connectivity index (χ3v) is 2.31. The minimum Gasteiger partial charge on any atom is -0.330 e. The average Bonchev–Trinajstić information content (AvgIpc) is 2.42. The number of allylic oxidation sites excluding steroid dienone is 1. The van der Waals surface area contributed by atoms with E-state index in [1.54, 1.807) is 4.68 Å². The Morgan fingerprint density at radius 3 is 2.85 bits per heavy atom. The lowest BCUT2D eigenvalue weighted by Gasteiger charge is -2.00. The van der Waals surface area contributed by atoms with Crippen molar-refractivity contribution < 1.29 is 0 Å². The van der Waals surface area contributed by atoms with Crippen molar-refractivity contribution >= 4 is 21.5 Å². The molecule has 1 heterocycles. The van der Waals surface area contributed by atoms with E-state index in [2.05, 4.69) is 32.3 Å². The largest absolute Gasteiger partial charge is 0.330 e. The van der Waals surface area contributed by atoms with Gasteiger partial charge in [-0.05, 0) is 41.4 Å². The maximum absolute atomic E-state index is 5.41. The highest BCUT2D eigenvalue weighted by atomic mass is 79.9. The molecule has 0 unspecified atom stereocenters. The molecule has 0 saturated heterocycles. The summed E-state index contributed by atoms with van der Waals surface area (Å²) >= 11 is 3.34. The molecule has 1 rings (SSSR count). The monoisotopic (exact) mass is 244 g/mol. The number of halogens is 1. The van der Waals surface area contributed by atoms with Gasteiger partial charge < -0.3 is 5.73 Å². The molecule has 0 aliphatic carbocycles. The minimum atomic E-state index is 0.667. The van der Waals surface area contributed by atoms with Crippen LogP contribution in [0.5, 0.6) is 0 Å². The van der Waals surface area contributed by atoms with Gasteiger partial charge in [0.2, 0.25) is 0 Å². The van der Waals surface area contributed by atoms with Gasteiger partial charge in [-0.25, -0.2) is 4.68 Å². The van der Waals surface area contributed by atoms with Gasteiger partial charge in [0.05, 0.1) is 5.69 Å². The van der Waals surface area contributed by atoms with Crippen molar-refractivity contribution in [1.29, 1.82) is 0 Å². The molecule has 2 N–H and O–H groups in total. The summed E-state index contributed by atoms with van der Waals surface area (Å²) in [4.78, 5) is 0. The molecular formula is C8H13BrN4. The summed E-state index contributed by atoms with van der Waals surface area (Å²) in [6.45, 7) is 2.69. The molecule has 72 valence electrons. The van der Waals surface area contributed by atoms with Gasteiger partial charge in [-0.2, -0.15) is 0 Å². The Labute approximate surface area is 85.9 Å². The number of hydrogen-bond donors (Lipinski definition) is 1. The number of aromatic nitrogens is 3. The highest BCUT2D eigenvalue weighted by Crippen LogP contribution is 2.20. The van der Waals surface area contributed by atoms with E-state index in [1.165, 1.54) is 0 Å². The fourth-order valence-corrected chi connectivity index (χ4v) is 1.79. The van der Waals surface area contributed by atoms with Crippen LogP contribution in [0.4, 0.5) is 0 Å². The van der Waals surface area contributed by atoms with Crippen LogP contribution < -0.4 is 5.73 Å². The summed E-state index contributed by atoms with van der Waals surface area (Å²) in [5.41, 5.74) is 7.56. The van der Waals surface area contributed by atoms with Crippen molar-refractivity contribution in [1.82, 2.24) is 15.0 Å². The number of nitrogens with zero attached hydrogens (tertiary/aromatic N) is 3. The summed E-state index contributed by atoms with van der Waals surface area (Å²) < 4.78 is 2.52. The SMILES string of the molecule is CC(=CCCN)c1c(Br)nnn1C. The van der Waals surface area contributed by atoms with E-state index in [0.717, 1.165) is 22.3 Å². The van der Waals surface area contributed by atoms with Crippen molar-refractivity contribution in [3.8, 4) is 0 Å². The van der Waals surface area contributed by atoms with Crippen molar-refractivity contribution in [3.05, 3.63) is 16.4 Å². The summed E-state index contributed by atoms with van der Waals surface area (Å²) in [5, 5.41) is 7.80. The molecule has 0 aromatic carbocycles. The molecule has 1 aromatic rings. The highest BCUT2D eigenvalue weighted by Gasteiger charge is 2.08. The van der Waals surface area contributed by atoms with Crippen LogP contribution in [0.15, 0.2) is 10.7 Å². The first-order valence-electron chi connectivity index (χ1n) is 4.09. The van der Waals surface area contributed by atoms with Gasteiger partial charge in [-0.1, -0.05) is 11.3 Å². The van der Waals surface area contributed by atoms with E-state index in [-0.39, 0.29) is 0 Å². The molecule has 0 aliphatic heterocycles. The summed E-state index contributed by atoms with van der Waals surface area (Å²) in [6.07, 6.45) is 2.97. The molecule has 0 radical (unpaired) electrons. The van der Waals surface area contributed by atoms with E-state index in [9.17, 15) is 0 Å². The van der Waals surface area contributed by atoms with Crippen molar-refractivity contribution in [2.75, 3.05) is 6.54 Å². The van der Waals surface area contributed by atoms with E-state index in [1.807, 2.05) is 14.0 Å². The molecule has 0 bridgehead atoms. The highest BCUT2D eigenvalue weighted by molar-refractivity contribution is 9.10. The molecule has 0 fully saturated rings. The van der Waals surface area contributed by atoms with Crippen molar-refractivity contribution in [2.45, 2.75) is 13.3 Å². The first-order valence-corrected chi connectivity index (χ1v) is 4.88. The van der Waals surface area contributed by atoms with Crippen LogP contribution in [-0.2, 0) is 7.05 Å². The maximum Gasteiger partial charge on any atom is 0.155 e. The van der Waals surface area contributed by atoms with Crippen LogP contribution in [-0.4, -0.2) is 21.5 Å². The molecule has 5 heteroatoms. The molecule has 0 atom stereocenters. The molecule has 0 aliphatic rings. The van der Waals surface area contributed by atoms with Crippen molar-refractivity contribution in [3.63, 3.8) is 0 Å². The number of nitrogens with two attached hydrogens (primary N) is 1. The van der Waals surface area contributed by atoms with Gasteiger partial charge in [0.1, 0.15) is 0 Å². The predicted molar refractivity (Wildman–Crippen MR) is 56.0 cm³/mol.